The Morgan fingerprint density at radius 2 is 1.92 bits per heavy atom. The number of rotatable bonds is 5. The van der Waals surface area contributed by atoms with Crippen LogP contribution in [-0.2, 0) is 9.53 Å². The number of nitro groups is 1. The van der Waals surface area contributed by atoms with Crippen molar-refractivity contribution in [3.8, 4) is 0 Å². The highest BCUT2D eigenvalue weighted by Crippen LogP contribution is 2.20. The number of carbonyl (C=O) groups is 2. The number of nitrogens with zero attached hydrogens (tertiary/aromatic N) is 1. The molecule has 1 amide bonds. The van der Waals surface area contributed by atoms with E-state index < -0.39 is 35.0 Å². The summed E-state index contributed by atoms with van der Waals surface area (Å²) in [5.41, 5.74) is 4.59. The molecule has 0 atom stereocenters. The lowest BCUT2D eigenvalue weighted by Gasteiger charge is -2.08. The van der Waals surface area contributed by atoms with E-state index in [1.165, 1.54) is 0 Å². The maximum absolute atomic E-state index is 13.4. The molecule has 0 aromatic heterocycles. The van der Waals surface area contributed by atoms with Crippen molar-refractivity contribution in [1.29, 1.82) is 0 Å². The van der Waals surface area contributed by atoms with Crippen LogP contribution in [0.2, 0.25) is 0 Å². The summed E-state index contributed by atoms with van der Waals surface area (Å²) in [6.45, 7) is -0.758. The van der Waals surface area contributed by atoms with Crippen molar-refractivity contribution < 1.29 is 28.0 Å². The molecule has 0 aliphatic rings. The Labute approximate surface area is 139 Å². The first-order valence-corrected chi connectivity index (χ1v) is 6.74. The van der Waals surface area contributed by atoms with Crippen LogP contribution in [0.1, 0.15) is 10.4 Å². The highest BCUT2D eigenvalue weighted by atomic mass is 19.1. The molecule has 0 saturated carbocycles. The van der Waals surface area contributed by atoms with Crippen LogP contribution < -0.4 is 11.1 Å². The van der Waals surface area contributed by atoms with Crippen LogP contribution in [-0.4, -0.2) is 23.4 Å². The number of hydrogen-bond donors (Lipinski definition) is 2. The standard InChI is InChI=1S/C15H11F2N3O5/c16-8-1-4-13(11(17)5-8)19-14(21)7-25-15(22)10-3-2-9(20(23)24)6-12(10)18/h1-6H,7,18H2,(H,19,21). The summed E-state index contributed by atoms with van der Waals surface area (Å²) in [5.74, 6) is -3.64. The first kappa shape index (κ1) is 17.8. The van der Waals surface area contributed by atoms with Gasteiger partial charge in [-0.1, -0.05) is 0 Å². The molecule has 2 aromatic rings. The number of nitrogens with one attached hydrogen (secondary N) is 1. The number of hydrogen-bond acceptors (Lipinski definition) is 6. The van der Waals surface area contributed by atoms with Crippen LogP contribution in [0.4, 0.5) is 25.8 Å². The lowest BCUT2D eigenvalue weighted by atomic mass is 10.1. The Hall–Kier alpha value is -3.56. The number of nitro benzene ring substituents is 1. The van der Waals surface area contributed by atoms with Crippen molar-refractivity contribution in [3.63, 3.8) is 0 Å². The number of esters is 1. The predicted octanol–water partition coefficient (Wildman–Crippen LogP) is 2.25. The minimum absolute atomic E-state index is 0.161. The zero-order valence-corrected chi connectivity index (χ0v) is 12.5. The van der Waals surface area contributed by atoms with Crippen LogP contribution in [0.5, 0.6) is 0 Å². The first-order chi connectivity index (χ1) is 11.8. The number of non-ortho nitro benzene ring substituents is 1. The quantitative estimate of drug-likeness (QED) is 0.368. The zero-order valence-electron chi connectivity index (χ0n) is 12.5. The number of anilines is 2. The van der Waals surface area contributed by atoms with Gasteiger partial charge in [0.25, 0.3) is 11.6 Å². The van der Waals surface area contributed by atoms with Gasteiger partial charge in [0.2, 0.25) is 0 Å². The Morgan fingerprint density at radius 1 is 1.20 bits per heavy atom. The molecule has 0 saturated heterocycles. The maximum Gasteiger partial charge on any atom is 0.340 e. The Bertz CT molecular complexity index is 857. The number of nitrogen functional groups attached to an aromatic ring is 1. The van der Waals surface area contributed by atoms with E-state index in [0.717, 1.165) is 30.3 Å². The molecule has 25 heavy (non-hydrogen) atoms. The van der Waals surface area contributed by atoms with Gasteiger partial charge in [0, 0.05) is 18.2 Å². The van der Waals surface area contributed by atoms with E-state index in [0.29, 0.717) is 6.07 Å². The lowest BCUT2D eigenvalue weighted by molar-refractivity contribution is -0.384. The van der Waals surface area contributed by atoms with Gasteiger partial charge in [-0.25, -0.2) is 13.6 Å². The predicted molar refractivity (Wildman–Crippen MR) is 82.8 cm³/mol. The number of benzene rings is 2. The van der Waals surface area contributed by atoms with Crippen molar-refractivity contribution in [2.45, 2.75) is 0 Å². The van der Waals surface area contributed by atoms with E-state index in [9.17, 15) is 28.5 Å². The van der Waals surface area contributed by atoms with Gasteiger partial charge in [-0.3, -0.25) is 14.9 Å². The summed E-state index contributed by atoms with van der Waals surface area (Å²) in [4.78, 5) is 33.4. The number of ether oxygens (including phenoxy) is 1. The van der Waals surface area contributed by atoms with Gasteiger partial charge >= 0.3 is 5.97 Å². The van der Waals surface area contributed by atoms with E-state index >= 15 is 0 Å². The Morgan fingerprint density at radius 3 is 2.52 bits per heavy atom. The summed E-state index contributed by atoms with van der Waals surface area (Å²) in [6.07, 6.45) is 0. The van der Waals surface area contributed by atoms with Crippen molar-refractivity contribution >= 4 is 28.9 Å². The summed E-state index contributed by atoms with van der Waals surface area (Å²) in [7, 11) is 0. The van der Waals surface area contributed by atoms with Crippen LogP contribution in [0.25, 0.3) is 0 Å². The second-order valence-electron chi connectivity index (χ2n) is 4.78. The maximum atomic E-state index is 13.4. The topological polar surface area (TPSA) is 125 Å². The monoisotopic (exact) mass is 351 g/mol. The third-order valence-electron chi connectivity index (χ3n) is 3.01. The minimum Gasteiger partial charge on any atom is -0.452 e. The summed E-state index contributed by atoms with van der Waals surface area (Å²) in [5, 5.41) is 12.7. The minimum atomic E-state index is -0.987. The average molecular weight is 351 g/mol. The molecule has 10 heteroatoms. The van der Waals surface area contributed by atoms with E-state index in [1.54, 1.807) is 0 Å². The van der Waals surface area contributed by atoms with Crippen molar-refractivity contribution in [2.24, 2.45) is 0 Å². The SMILES string of the molecule is Nc1cc([N+](=O)[O-])ccc1C(=O)OCC(=O)Nc1ccc(F)cc1F. The van der Waals surface area contributed by atoms with Gasteiger partial charge < -0.3 is 15.8 Å². The number of halogens is 2. The molecule has 0 heterocycles. The van der Waals surface area contributed by atoms with E-state index in [2.05, 4.69) is 5.32 Å². The molecule has 0 unspecified atom stereocenters. The number of amides is 1. The lowest BCUT2D eigenvalue weighted by Crippen LogP contribution is -2.22. The Kier molecular flexibility index (Phi) is 5.22. The van der Waals surface area contributed by atoms with Gasteiger partial charge in [0.15, 0.2) is 6.61 Å². The molecule has 130 valence electrons. The van der Waals surface area contributed by atoms with Crippen LogP contribution in [0.15, 0.2) is 36.4 Å². The number of carbonyl (C=O) groups excluding carboxylic acids is 2. The summed E-state index contributed by atoms with van der Waals surface area (Å²) < 4.78 is 30.9. The largest absolute Gasteiger partial charge is 0.452 e. The average Bonchev–Trinajstić information content (AvgIpc) is 2.55. The normalized spacial score (nSPS) is 10.2. The molecule has 2 aromatic carbocycles. The molecule has 8 nitrogen and oxygen atoms in total. The molecule has 0 bridgehead atoms. The van der Waals surface area contributed by atoms with Crippen LogP contribution in [0.3, 0.4) is 0 Å². The van der Waals surface area contributed by atoms with E-state index in [1.807, 2.05) is 0 Å². The third-order valence-corrected chi connectivity index (χ3v) is 3.01. The van der Waals surface area contributed by atoms with Gasteiger partial charge in [-0.2, -0.15) is 0 Å². The molecule has 0 radical (unpaired) electrons. The highest BCUT2D eigenvalue weighted by molar-refractivity contribution is 5.98. The summed E-state index contributed by atoms with van der Waals surface area (Å²) >= 11 is 0. The van der Waals surface area contributed by atoms with Crippen LogP contribution in [0, 0.1) is 21.7 Å². The van der Waals surface area contributed by atoms with Gasteiger partial charge in [-0.05, 0) is 18.2 Å². The number of nitrogens with two attached hydrogens (primary N) is 1. The Balaban J connectivity index is 1.97. The fourth-order valence-electron chi connectivity index (χ4n) is 1.84. The molecule has 2 rings (SSSR count). The zero-order chi connectivity index (χ0) is 18.6. The molecule has 0 fully saturated rings. The molecule has 0 spiro atoms. The molecular formula is C15H11F2N3O5. The molecule has 0 aliphatic heterocycles. The van der Waals surface area contributed by atoms with Crippen molar-refractivity contribution in [3.05, 3.63) is 63.7 Å². The van der Waals surface area contributed by atoms with Crippen molar-refractivity contribution in [1.82, 2.24) is 0 Å². The van der Waals surface area contributed by atoms with Crippen molar-refractivity contribution in [2.75, 3.05) is 17.7 Å². The fraction of sp³-hybridized carbons (Fsp3) is 0.0667. The molecular weight excluding hydrogens is 340 g/mol. The van der Waals surface area contributed by atoms with E-state index in [4.69, 9.17) is 10.5 Å². The molecule has 0 aliphatic carbocycles. The highest BCUT2D eigenvalue weighted by Gasteiger charge is 2.17. The second-order valence-corrected chi connectivity index (χ2v) is 4.78. The smallest absolute Gasteiger partial charge is 0.340 e. The molecule has 3 N–H and O–H groups in total. The third kappa shape index (κ3) is 4.47. The second kappa shape index (κ2) is 7.34. The van der Waals surface area contributed by atoms with E-state index in [-0.39, 0.29) is 22.6 Å². The first-order valence-electron chi connectivity index (χ1n) is 6.74. The van der Waals surface area contributed by atoms with Crippen LogP contribution >= 0.6 is 0 Å². The van der Waals surface area contributed by atoms with Gasteiger partial charge in [0.1, 0.15) is 11.6 Å². The summed E-state index contributed by atoms with van der Waals surface area (Å²) in [6, 6.07) is 5.67. The fourth-order valence-corrected chi connectivity index (χ4v) is 1.84. The van der Waals surface area contributed by atoms with Gasteiger partial charge in [0.05, 0.1) is 21.9 Å². The van der Waals surface area contributed by atoms with Gasteiger partial charge in [-0.15, -0.1) is 0 Å².